The molecule has 0 spiro atoms. The summed E-state index contributed by atoms with van der Waals surface area (Å²) in [6, 6.07) is 13.6. The molecule has 4 nitrogen and oxygen atoms in total. The Kier molecular flexibility index (Phi) is 6.02. The largest absolute Gasteiger partial charge is 0.505 e. The van der Waals surface area contributed by atoms with Crippen LogP contribution in [-0.2, 0) is 6.42 Å². The molecule has 0 aliphatic heterocycles. The molecule has 0 aliphatic carbocycles. The summed E-state index contributed by atoms with van der Waals surface area (Å²) in [6.45, 7) is 13.9. The molecule has 1 N–H and O–H groups in total. The van der Waals surface area contributed by atoms with Crippen LogP contribution in [0.3, 0.4) is 0 Å². The lowest BCUT2D eigenvalue weighted by molar-refractivity contribution is 0.184. The SMILES string of the molecule is CC(C)(C)CCC(CCc1cccc(-n2nc3ccccc3n2)c1O)C(C)(C)C. The van der Waals surface area contributed by atoms with E-state index in [4.69, 9.17) is 0 Å². The lowest BCUT2D eigenvalue weighted by atomic mass is 9.72. The molecule has 156 valence electrons. The van der Waals surface area contributed by atoms with E-state index in [0.717, 1.165) is 29.4 Å². The number of aromatic hydroxyl groups is 1. The van der Waals surface area contributed by atoms with Gasteiger partial charge in [0.05, 0.1) is 0 Å². The smallest absolute Gasteiger partial charge is 0.146 e. The first-order chi connectivity index (χ1) is 13.5. The fraction of sp³-hybridized carbons (Fsp3) is 0.520. The van der Waals surface area contributed by atoms with Gasteiger partial charge in [-0.15, -0.1) is 15.0 Å². The van der Waals surface area contributed by atoms with E-state index in [-0.39, 0.29) is 11.2 Å². The zero-order valence-corrected chi connectivity index (χ0v) is 18.7. The Morgan fingerprint density at radius 1 is 0.862 bits per heavy atom. The van der Waals surface area contributed by atoms with Gasteiger partial charge in [0.15, 0.2) is 0 Å². The van der Waals surface area contributed by atoms with Gasteiger partial charge in [0.25, 0.3) is 0 Å². The number of phenols is 1. The van der Waals surface area contributed by atoms with Crippen LogP contribution >= 0.6 is 0 Å². The monoisotopic (exact) mass is 393 g/mol. The van der Waals surface area contributed by atoms with Gasteiger partial charge < -0.3 is 5.11 Å². The molecule has 1 unspecified atom stereocenters. The molecule has 3 aromatic rings. The van der Waals surface area contributed by atoms with E-state index < -0.39 is 0 Å². The number of hydrogen-bond acceptors (Lipinski definition) is 3. The lowest BCUT2D eigenvalue weighted by Crippen LogP contribution is -2.23. The Morgan fingerprint density at radius 2 is 1.48 bits per heavy atom. The van der Waals surface area contributed by atoms with E-state index in [2.05, 4.69) is 51.7 Å². The molecule has 0 saturated carbocycles. The van der Waals surface area contributed by atoms with Crippen LogP contribution in [0.15, 0.2) is 42.5 Å². The molecule has 0 radical (unpaired) electrons. The maximum absolute atomic E-state index is 10.9. The first-order valence-electron chi connectivity index (χ1n) is 10.7. The van der Waals surface area contributed by atoms with Crippen LogP contribution in [0.25, 0.3) is 16.7 Å². The number of hydrogen-bond donors (Lipinski definition) is 1. The zero-order valence-electron chi connectivity index (χ0n) is 18.7. The Morgan fingerprint density at radius 3 is 2.03 bits per heavy atom. The predicted molar refractivity (Wildman–Crippen MR) is 120 cm³/mol. The van der Waals surface area contributed by atoms with Crippen molar-refractivity contribution in [2.24, 2.45) is 16.7 Å². The highest BCUT2D eigenvalue weighted by Gasteiger charge is 2.26. The van der Waals surface area contributed by atoms with E-state index >= 15 is 0 Å². The number of rotatable bonds is 6. The van der Waals surface area contributed by atoms with E-state index in [1.54, 1.807) is 4.80 Å². The maximum Gasteiger partial charge on any atom is 0.146 e. The second-order valence-corrected chi connectivity index (χ2v) is 10.5. The third-order valence-corrected chi connectivity index (χ3v) is 5.83. The van der Waals surface area contributed by atoms with E-state index in [1.807, 2.05) is 42.5 Å². The summed E-state index contributed by atoms with van der Waals surface area (Å²) in [5.41, 5.74) is 3.85. The highest BCUT2D eigenvalue weighted by molar-refractivity contribution is 5.73. The van der Waals surface area contributed by atoms with Gasteiger partial charge in [0.1, 0.15) is 22.5 Å². The van der Waals surface area contributed by atoms with Crippen molar-refractivity contribution in [2.45, 2.75) is 67.2 Å². The van der Waals surface area contributed by atoms with Crippen molar-refractivity contribution in [1.82, 2.24) is 15.0 Å². The summed E-state index contributed by atoms with van der Waals surface area (Å²) in [5, 5.41) is 20.0. The van der Waals surface area contributed by atoms with Crippen LogP contribution in [0.2, 0.25) is 0 Å². The molecule has 4 heteroatoms. The molecular weight excluding hydrogens is 358 g/mol. The standard InChI is InChI=1S/C25H35N3O/c1-24(2,3)17-16-19(25(4,5)6)15-14-18-10-9-13-22(23(18)29)28-26-20-11-7-8-12-21(20)27-28/h7-13,19,29H,14-17H2,1-6H3. The van der Waals surface area contributed by atoms with Gasteiger partial charge in [-0.3, -0.25) is 0 Å². The summed E-state index contributed by atoms with van der Waals surface area (Å²) < 4.78 is 0. The van der Waals surface area contributed by atoms with E-state index in [1.165, 1.54) is 12.8 Å². The number of phenolic OH excluding ortho intramolecular Hbond substituents is 1. The minimum absolute atomic E-state index is 0.250. The number of aromatic nitrogens is 3. The molecule has 0 aliphatic rings. The molecule has 0 fully saturated rings. The van der Waals surface area contributed by atoms with Crippen LogP contribution in [0.1, 0.15) is 66.4 Å². The minimum Gasteiger partial charge on any atom is -0.505 e. The zero-order chi connectivity index (χ0) is 21.2. The molecule has 29 heavy (non-hydrogen) atoms. The van der Waals surface area contributed by atoms with E-state index in [0.29, 0.717) is 17.0 Å². The van der Waals surface area contributed by atoms with Crippen LogP contribution in [0, 0.1) is 16.7 Å². The first kappa shape index (κ1) is 21.4. The summed E-state index contributed by atoms with van der Waals surface area (Å²) in [4.78, 5) is 1.55. The molecule has 0 bridgehead atoms. The number of fused-ring (bicyclic) bond motifs is 1. The van der Waals surface area contributed by atoms with Gasteiger partial charge in [-0.1, -0.05) is 65.8 Å². The Balaban J connectivity index is 1.79. The average Bonchev–Trinajstić information content (AvgIpc) is 3.04. The molecule has 0 saturated heterocycles. The first-order valence-corrected chi connectivity index (χ1v) is 10.7. The van der Waals surface area contributed by atoms with Crippen LogP contribution in [0.4, 0.5) is 0 Å². The number of aryl methyl sites for hydroxylation is 1. The van der Waals surface area contributed by atoms with Crippen molar-refractivity contribution in [3.63, 3.8) is 0 Å². The van der Waals surface area contributed by atoms with Gasteiger partial charge in [0.2, 0.25) is 0 Å². The van der Waals surface area contributed by atoms with Crippen molar-refractivity contribution in [2.75, 3.05) is 0 Å². The second-order valence-electron chi connectivity index (χ2n) is 10.5. The molecule has 1 heterocycles. The molecule has 1 atom stereocenters. The Bertz CT molecular complexity index is 927. The van der Waals surface area contributed by atoms with Gasteiger partial charge in [-0.2, -0.15) is 0 Å². The Labute approximate surface area is 175 Å². The lowest BCUT2D eigenvalue weighted by Gasteiger charge is -2.33. The molecule has 0 amide bonds. The van der Waals surface area contributed by atoms with Crippen molar-refractivity contribution in [3.8, 4) is 11.4 Å². The van der Waals surface area contributed by atoms with Crippen LogP contribution in [-0.4, -0.2) is 20.1 Å². The summed E-state index contributed by atoms with van der Waals surface area (Å²) in [6.07, 6.45) is 4.34. The highest BCUT2D eigenvalue weighted by atomic mass is 16.3. The summed E-state index contributed by atoms with van der Waals surface area (Å²) in [5.74, 6) is 0.895. The normalized spacial score (nSPS) is 13.7. The third kappa shape index (κ3) is 5.37. The number of nitrogens with zero attached hydrogens (tertiary/aromatic N) is 3. The van der Waals surface area contributed by atoms with Gasteiger partial charge in [0, 0.05) is 0 Å². The number of para-hydroxylation sites is 1. The fourth-order valence-corrected chi connectivity index (χ4v) is 3.86. The van der Waals surface area contributed by atoms with Gasteiger partial charge in [-0.25, -0.2) is 0 Å². The molecule has 1 aromatic heterocycles. The van der Waals surface area contributed by atoms with Gasteiger partial charge >= 0.3 is 0 Å². The van der Waals surface area contributed by atoms with Crippen molar-refractivity contribution >= 4 is 11.0 Å². The number of benzene rings is 2. The quantitative estimate of drug-likeness (QED) is 0.517. The van der Waals surface area contributed by atoms with Crippen LogP contribution in [0.5, 0.6) is 5.75 Å². The molecule has 2 aromatic carbocycles. The Hall–Kier alpha value is -2.36. The molecular formula is C25H35N3O. The summed E-state index contributed by atoms with van der Waals surface area (Å²) in [7, 11) is 0. The van der Waals surface area contributed by atoms with Crippen molar-refractivity contribution < 1.29 is 5.11 Å². The van der Waals surface area contributed by atoms with Gasteiger partial charge in [-0.05, 0) is 66.2 Å². The van der Waals surface area contributed by atoms with Crippen molar-refractivity contribution in [1.29, 1.82) is 0 Å². The third-order valence-electron chi connectivity index (χ3n) is 5.83. The highest BCUT2D eigenvalue weighted by Crippen LogP contribution is 2.38. The van der Waals surface area contributed by atoms with Crippen LogP contribution < -0.4 is 0 Å². The maximum atomic E-state index is 10.9. The summed E-state index contributed by atoms with van der Waals surface area (Å²) >= 11 is 0. The predicted octanol–water partition coefficient (Wildman–Crippen LogP) is 6.55. The second kappa shape index (κ2) is 8.17. The minimum atomic E-state index is 0.250. The fourth-order valence-electron chi connectivity index (χ4n) is 3.86. The average molecular weight is 394 g/mol. The van der Waals surface area contributed by atoms with Crippen molar-refractivity contribution in [3.05, 3.63) is 48.0 Å². The van der Waals surface area contributed by atoms with E-state index in [9.17, 15) is 5.11 Å². The topological polar surface area (TPSA) is 50.9 Å². The molecule has 3 rings (SSSR count).